The molecule has 1 saturated heterocycles. The molecule has 1 aliphatic rings. The normalized spacial score (nSPS) is 15.3. The van der Waals surface area contributed by atoms with E-state index in [1.54, 1.807) is 0 Å². The summed E-state index contributed by atoms with van der Waals surface area (Å²) in [4.78, 5) is 25.4. The molecular weight excluding hydrogens is 368 g/mol. The number of nitrogens with two attached hydrogens (primary N) is 1. The molecule has 0 radical (unpaired) electrons. The molecule has 1 aliphatic heterocycles. The SMILES string of the molecule is NCc1cccc(NC(=O)[C@H](NC(=O)OCc2ccccc2)C2CCNCC2)c1. The summed E-state index contributed by atoms with van der Waals surface area (Å²) in [7, 11) is 0. The molecule has 29 heavy (non-hydrogen) atoms. The fourth-order valence-electron chi connectivity index (χ4n) is 3.46. The van der Waals surface area contributed by atoms with E-state index in [2.05, 4.69) is 16.0 Å². The van der Waals surface area contributed by atoms with Gasteiger partial charge in [0.25, 0.3) is 0 Å². The van der Waals surface area contributed by atoms with Gasteiger partial charge in [0.05, 0.1) is 0 Å². The molecule has 2 aromatic carbocycles. The van der Waals surface area contributed by atoms with Gasteiger partial charge < -0.3 is 26.4 Å². The smallest absolute Gasteiger partial charge is 0.408 e. The molecule has 0 spiro atoms. The summed E-state index contributed by atoms with van der Waals surface area (Å²) in [6.07, 6.45) is 1.02. The Bertz CT molecular complexity index is 807. The molecule has 7 heteroatoms. The summed E-state index contributed by atoms with van der Waals surface area (Å²) < 4.78 is 5.32. The van der Waals surface area contributed by atoms with E-state index in [1.807, 2.05) is 54.6 Å². The van der Waals surface area contributed by atoms with Crippen LogP contribution in [0.3, 0.4) is 0 Å². The Morgan fingerprint density at radius 2 is 1.79 bits per heavy atom. The zero-order valence-electron chi connectivity index (χ0n) is 16.4. The van der Waals surface area contributed by atoms with Gasteiger partial charge >= 0.3 is 6.09 Å². The largest absolute Gasteiger partial charge is 0.445 e. The van der Waals surface area contributed by atoms with Crippen LogP contribution in [-0.4, -0.2) is 31.1 Å². The highest BCUT2D eigenvalue weighted by Gasteiger charge is 2.31. The van der Waals surface area contributed by atoms with Crippen molar-refractivity contribution < 1.29 is 14.3 Å². The lowest BCUT2D eigenvalue weighted by atomic mass is 9.89. The highest BCUT2D eigenvalue weighted by molar-refractivity contribution is 5.96. The Balaban J connectivity index is 1.64. The van der Waals surface area contributed by atoms with Crippen LogP contribution in [-0.2, 0) is 22.7 Å². The van der Waals surface area contributed by atoms with Crippen molar-refractivity contribution in [3.63, 3.8) is 0 Å². The van der Waals surface area contributed by atoms with E-state index in [1.165, 1.54) is 0 Å². The minimum Gasteiger partial charge on any atom is -0.445 e. The van der Waals surface area contributed by atoms with Gasteiger partial charge in [-0.3, -0.25) is 4.79 Å². The summed E-state index contributed by atoms with van der Waals surface area (Å²) in [5, 5.41) is 8.97. The van der Waals surface area contributed by atoms with Crippen molar-refractivity contribution in [3.05, 3.63) is 65.7 Å². The average Bonchev–Trinajstić information content (AvgIpc) is 2.77. The predicted molar refractivity (Wildman–Crippen MR) is 112 cm³/mol. The summed E-state index contributed by atoms with van der Waals surface area (Å²) in [6, 6.07) is 16.2. The number of piperidine rings is 1. The van der Waals surface area contributed by atoms with E-state index in [9.17, 15) is 9.59 Å². The lowest BCUT2D eigenvalue weighted by molar-refractivity contribution is -0.119. The van der Waals surface area contributed by atoms with Gasteiger partial charge in [0, 0.05) is 12.2 Å². The fourth-order valence-corrected chi connectivity index (χ4v) is 3.46. The van der Waals surface area contributed by atoms with Crippen molar-refractivity contribution in [2.75, 3.05) is 18.4 Å². The van der Waals surface area contributed by atoms with Gasteiger partial charge in [-0.1, -0.05) is 42.5 Å². The number of hydrogen-bond donors (Lipinski definition) is 4. The highest BCUT2D eigenvalue weighted by Crippen LogP contribution is 2.19. The second kappa shape index (κ2) is 10.6. The lowest BCUT2D eigenvalue weighted by Gasteiger charge is -2.30. The topological polar surface area (TPSA) is 105 Å². The maximum Gasteiger partial charge on any atom is 0.408 e. The van der Waals surface area contributed by atoms with Gasteiger partial charge in [-0.2, -0.15) is 0 Å². The van der Waals surface area contributed by atoms with Crippen molar-refractivity contribution in [2.45, 2.75) is 32.0 Å². The van der Waals surface area contributed by atoms with Crippen LogP contribution in [0.25, 0.3) is 0 Å². The van der Waals surface area contributed by atoms with Gasteiger partial charge in [0.1, 0.15) is 12.6 Å². The van der Waals surface area contributed by atoms with Gasteiger partial charge in [0.15, 0.2) is 0 Å². The third-order valence-electron chi connectivity index (χ3n) is 5.05. The monoisotopic (exact) mass is 396 g/mol. The average molecular weight is 396 g/mol. The van der Waals surface area contributed by atoms with Crippen LogP contribution in [0.4, 0.5) is 10.5 Å². The minimum atomic E-state index is -0.665. The van der Waals surface area contributed by atoms with Crippen LogP contribution in [0, 0.1) is 5.92 Å². The first-order valence-corrected chi connectivity index (χ1v) is 9.93. The first-order chi connectivity index (χ1) is 14.2. The number of carbonyl (C=O) groups excluding carboxylic acids is 2. The Morgan fingerprint density at radius 1 is 1.07 bits per heavy atom. The molecule has 0 aliphatic carbocycles. The fraction of sp³-hybridized carbons (Fsp3) is 0.364. The van der Waals surface area contributed by atoms with Crippen molar-refractivity contribution in [2.24, 2.45) is 11.7 Å². The lowest BCUT2D eigenvalue weighted by Crippen LogP contribution is -2.51. The number of nitrogens with one attached hydrogen (secondary N) is 3. The Hall–Kier alpha value is -2.90. The van der Waals surface area contributed by atoms with Gasteiger partial charge in [-0.05, 0) is 55.1 Å². The third-order valence-corrected chi connectivity index (χ3v) is 5.05. The molecule has 7 nitrogen and oxygen atoms in total. The van der Waals surface area contributed by atoms with Crippen molar-refractivity contribution in [1.29, 1.82) is 0 Å². The molecule has 3 rings (SSSR count). The molecule has 154 valence electrons. The van der Waals surface area contributed by atoms with Crippen molar-refractivity contribution in [1.82, 2.24) is 10.6 Å². The first kappa shape index (κ1) is 20.8. The standard InChI is InChI=1S/C22H28N4O3/c23-14-17-7-4-8-19(13-17)25-21(27)20(18-9-11-24-12-10-18)26-22(28)29-15-16-5-2-1-3-6-16/h1-8,13,18,20,24H,9-12,14-15,23H2,(H,25,27)(H,26,28)/t20-/m1/s1. The van der Waals surface area contributed by atoms with E-state index in [0.29, 0.717) is 12.2 Å². The maximum absolute atomic E-state index is 13.0. The quantitative estimate of drug-likeness (QED) is 0.575. The van der Waals surface area contributed by atoms with Gasteiger partial charge in [-0.25, -0.2) is 4.79 Å². The van der Waals surface area contributed by atoms with Crippen LogP contribution in [0.1, 0.15) is 24.0 Å². The van der Waals surface area contributed by atoms with Crippen LogP contribution >= 0.6 is 0 Å². The summed E-state index contributed by atoms with van der Waals surface area (Å²) in [6.45, 7) is 2.19. The highest BCUT2D eigenvalue weighted by atomic mass is 16.5. The van der Waals surface area contributed by atoms with Crippen molar-refractivity contribution in [3.8, 4) is 0 Å². The number of amides is 2. The van der Waals surface area contributed by atoms with E-state index in [0.717, 1.165) is 37.1 Å². The Kier molecular flexibility index (Phi) is 7.61. The van der Waals surface area contributed by atoms with Crippen LogP contribution < -0.4 is 21.7 Å². The summed E-state index contributed by atoms with van der Waals surface area (Å²) in [5.74, 6) is -0.207. The molecule has 0 aromatic heterocycles. The predicted octanol–water partition coefficient (Wildman–Crippen LogP) is 2.38. The van der Waals surface area contributed by atoms with Crippen molar-refractivity contribution >= 4 is 17.7 Å². The molecule has 1 heterocycles. The maximum atomic E-state index is 13.0. The second-order valence-electron chi connectivity index (χ2n) is 7.16. The van der Waals surface area contributed by atoms with Crippen LogP contribution in [0.15, 0.2) is 54.6 Å². The van der Waals surface area contributed by atoms with Crippen LogP contribution in [0.2, 0.25) is 0 Å². The number of benzene rings is 2. The molecule has 1 atom stereocenters. The Morgan fingerprint density at radius 3 is 2.52 bits per heavy atom. The molecule has 0 bridgehead atoms. The van der Waals surface area contributed by atoms with E-state index in [-0.39, 0.29) is 18.4 Å². The molecule has 2 amide bonds. The minimum absolute atomic E-state index is 0.0400. The zero-order chi connectivity index (χ0) is 20.5. The van der Waals surface area contributed by atoms with E-state index >= 15 is 0 Å². The third kappa shape index (κ3) is 6.30. The molecule has 0 unspecified atom stereocenters. The van der Waals surface area contributed by atoms with Gasteiger partial charge in [0.2, 0.25) is 5.91 Å². The number of alkyl carbamates (subject to hydrolysis) is 1. The number of hydrogen-bond acceptors (Lipinski definition) is 5. The van der Waals surface area contributed by atoms with E-state index < -0.39 is 12.1 Å². The number of ether oxygens (including phenoxy) is 1. The molecule has 5 N–H and O–H groups in total. The molecule has 0 saturated carbocycles. The Labute approximate surface area is 171 Å². The van der Waals surface area contributed by atoms with Gasteiger partial charge in [-0.15, -0.1) is 0 Å². The van der Waals surface area contributed by atoms with E-state index in [4.69, 9.17) is 10.5 Å². The molecular formula is C22H28N4O3. The number of anilines is 1. The number of rotatable bonds is 7. The molecule has 1 fully saturated rings. The summed E-state index contributed by atoms with van der Waals surface area (Å²) in [5.41, 5.74) is 8.16. The number of carbonyl (C=O) groups is 2. The zero-order valence-corrected chi connectivity index (χ0v) is 16.4. The summed E-state index contributed by atoms with van der Waals surface area (Å²) >= 11 is 0. The first-order valence-electron chi connectivity index (χ1n) is 9.93. The van der Waals surface area contributed by atoms with Crippen LogP contribution in [0.5, 0.6) is 0 Å². The molecule has 2 aromatic rings. The second-order valence-corrected chi connectivity index (χ2v) is 7.16.